The lowest BCUT2D eigenvalue weighted by atomic mass is 10.0. The number of carbonyl (C=O) groups is 4. The zero-order chi connectivity index (χ0) is 26.2. The molecule has 1 fully saturated rings. The van der Waals surface area contributed by atoms with Gasteiger partial charge in [-0.2, -0.15) is 8.42 Å². The second-order valence-electron chi connectivity index (χ2n) is 7.97. The summed E-state index contributed by atoms with van der Waals surface area (Å²) in [7, 11) is -4.36. The fourth-order valence-electron chi connectivity index (χ4n) is 3.78. The van der Waals surface area contributed by atoms with E-state index in [1.54, 1.807) is 25.1 Å². The van der Waals surface area contributed by atoms with Crippen LogP contribution < -0.4 is 5.32 Å². The largest absolute Gasteiger partial charge is 0.476 e. The van der Waals surface area contributed by atoms with Crippen molar-refractivity contribution in [3.8, 4) is 0 Å². The smallest absolute Gasteiger partial charge is 0.356 e. The molecule has 2 amide bonds. The third-order valence-electron chi connectivity index (χ3n) is 5.62. The number of hydrogen-bond acceptors (Lipinski definition) is 9. The van der Waals surface area contributed by atoms with E-state index in [9.17, 15) is 37.8 Å². The van der Waals surface area contributed by atoms with Gasteiger partial charge < -0.3 is 19.7 Å². The molecule has 2 aromatic rings. The van der Waals surface area contributed by atoms with Crippen LogP contribution in [0.3, 0.4) is 0 Å². The van der Waals surface area contributed by atoms with Crippen LogP contribution >= 0.6 is 11.8 Å². The first kappa shape index (κ1) is 25.4. The molecule has 2 unspecified atom stereocenters. The molecule has 3 N–H and O–H groups in total. The zero-order valence-electron chi connectivity index (χ0n) is 18.7. The topological polar surface area (TPSA) is 167 Å². The van der Waals surface area contributed by atoms with E-state index in [1.165, 1.54) is 30.3 Å². The van der Waals surface area contributed by atoms with Crippen LogP contribution in [0.5, 0.6) is 0 Å². The van der Waals surface area contributed by atoms with E-state index in [2.05, 4.69) is 5.32 Å². The third-order valence-corrected chi connectivity index (χ3v) is 8.14. The fraction of sp³-hybridized carbons (Fsp3) is 0.217. The average molecular weight is 533 g/mol. The number of carboxylic acids is 1. The van der Waals surface area contributed by atoms with Crippen LogP contribution in [0.4, 0.5) is 0 Å². The maximum Gasteiger partial charge on any atom is 0.356 e. The molecule has 2 aliphatic heterocycles. The van der Waals surface area contributed by atoms with Gasteiger partial charge in [-0.05, 0) is 19.1 Å². The van der Waals surface area contributed by atoms with Gasteiger partial charge >= 0.3 is 16.1 Å². The molecule has 2 aliphatic rings. The van der Waals surface area contributed by atoms with E-state index in [1.807, 2.05) is 0 Å². The second kappa shape index (κ2) is 9.76. The van der Waals surface area contributed by atoms with Gasteiger partial charge in [0.2, 0.25) is 0 Å². The molecular formula is C23H20N2O9S2. The highest BCUT2D eigenvalue weighted by molar-refractivity contribution is 8.00. The molecule has 0 aliphatic carbocycles. The Kier molecular flexibility index (Phi) is 6.89. The Balaban J connectivity index is 1.53. The lowest BCUT2D eigenvalue weighted by Crippen LogP contribution is -2.71. The van der Waals surface area contributed by atoms with Crippen LogP contribution in [0, 0.1) is 6.92 Å². The summed E-state index contributed by atoms with van der Waals surface area (Å²) in [4.78, 5) is 49.2. The number of rotatable bonds is 8. The first-order chi connectivity index (χ1) is 17.0. The van der Waals surface area contributed by atoms with E-state index in [-0.39, 0.29) is 21.8 Å². The van der Waals surface area contributed by atoms with Crippen molar-refractivity contribution in [2.75, 3.05) is 5.75 Å². The molecule has 36 heavy (non-hydrogen) atoms. The van der Waals surface area contributed by atoms with Crippen molar-refractivity contribution in [2.45, 2.75) is 29.3 Å². The highest BCUT2D eigenvalue weighted by Crippen LogP contribution is 2.41. The number of thioether (sulfide) groups is 1. The van der Waals surface area contributed by atoms with Crippen molar-refractivity contribution in [1.82, 2.24) is 10.2 Å². The minimum absolute atomic E-state index is 0.0491. The van der Waals surface area contributed by atoms with Crippen LogP contribution in [0.25, 0.3) is 0 Å². The summed E-state index contributed by atoms with van der Waals surface area (Å²) in [6, 6.07) is 10.5. The van der Waals surface area contributed by atoms with E-state index in [4.69, 9.17) is 4.18 Å². The molecule has 0 radical (unpaired) electrons. The molecule has 0 bridgehead atoms. The minimum Gasteiger partial charge on any atom is -0.476 e. The van der Waals surface area contributed by atoms with Crippen molar-refractivity contribution in [1.29, 1.82) is 0 Å². The number of aliphatic carboxylic acids is 1. The van der Waals surface area contributed by atoms with Gasteiger partial charge in [-0.25, -0.2) is 4.79 Å². The van der Waals surface area contributed by atoms with E-state index in [0.29, 0.717) is 6.29 Å². The van der Waals surface area contributed by atoms with Gasteiger partial charge in [0.05, 0.1) is 5.75 Å². The molecule has 0 saturated carbocycles. The summed E-state index contributed by atoms with van der Waals surface area (Å²) in [5.74, 6) is -3.98. The minimum atomic E-state index is -4.36. The Labute approximate surface area is 209 Å². The SMILES string of the molecule is Cc1ccc(S(=O)(=O)OC2=C(C(=O)O)N3C(=O)C(NC(=O)C(O)c4ccccc4C=O)[C@@H]3SC2)cc1. The summed E-state index contributed by atoms with van der Waals surface area (Å²) in [6.45, 7) is 1.77. The van der Waals surface area contributed by atoms with Gasteiger partial charge in [-0.15, -0.1) is 11.8 Å². The molecule has 11 nitrogen and oxygen atoms in total. The van der Waals surface area contributed by atoms with E-state index in [0.717, 1.165) is 22.2 Å². The summed E-state index contributed by atoms with van der Waals surface area (Å²) in [6.07, 6.45) is -1.26. The maximum atomic E-state index is 12.8. The van der Waals surface area contributed by atoms with Crippen molar-refractivity contribution in [3.63, 3.8) is 0 Å². The Morgan fingerprint density at radius 2 is 1.86 bits per heavy atom. The Hall–Kier alpha value is -3.68. The van der Waals surface area contributed by atoms with Gasteiger partial charge in [0.25, 0.3) is 11.8 Å². The second-order valence-corrected chi connectivity index (χ2v) is 10.6. The molecule has 3 atom stereocenters. The number of nitrogens with zero attached hydrogens (tertiary/aromatic N) is 1. The number of aryl methyl sites for hydroxylation is 1. The number of aliphatic hydroxyl groups is 1. The number of aldehydes is 1. The van der Waals surface area contributed by atoms with Crippen molar-refractivity contribution in [2.24, 2.45) is 0 Å². The van der Waals surface area contributed by atoms with Crippen molar-refractivity contribution >= 4 is 45.9 Å². The standard InChI is InChI=1S/C23H20N2O9S2/c1-12-6-8-14(9-7-12)36(32,33)34-16-11-35-22-17(21(29)25(22)18(16)23(30)31)24-20(28)19(27)15-5-3-2-4-13(15)10-26/h2-10,17,19,22,27H,11H2,1H3,(H,24,28)(H,30,31)/t17?,19?,22-/m0/s1. The Morgan fingerprint density at radius 3 is 2.50 bits per heavy atom. The van der Waals surface area contributed by atoms with Crippen LogP contribution in [0.15, 0.2) is 64.9 Å². The van der Waals surface area contributed by atoms with Crippen LogP contribution in [-0.4, -0.2) is 64.8 Å². The fourth-order valence-corrected chi connectivity index (χ4v) is 6.08. The molecule has 1 saturated heterocycles. The number of fused-ring (bicyclic) bond motifs is 1. The predicted molar refractivity (Wildman–Crippen MR) is 126 cm³/mol. The molecule has 188 valence electrons. The molecule has 2 heterocycles. The van der Waals surface area contributed by atoms with E-state index >= 15 is 0 Å². The van der Waals surface area contributed by atoms with Gasteiger partial charge in [0.15, 0.2) is 17.6 Å². The van der Waals surface area contributed by atoms with Gasteiger partial charge in [-0.1, -0.05) is 42.0 Å². The Morgan fingerprint density at radius 1 is 1.19 bits per heavy atom. The maximum absolute atomic E-state index is 12.8. The summed E-state index contributed by atoms with van der Waals surface area (Å²) >= 11 is 0.992. The predicted octanol–water partition coefficient (Wildman–Crippen LogP) is 0.943. The first-order valence-electron chi connectivity index (χ1n) is 10.5. The summed E-state index contributed by atoms with van der Waals surface area (Å²) in [5, 5.41) is 21.6. The molecule has 0 aromatic heterocycles. The third kappa shape index (κ3) is 4.59. The number of carboxylic acid groups (broad SMARTS) is 1. The van der Waals surface area contributed by atoms with Crippen LogP contribution in [0.2, 0.25) is 0 Å². The Bertz CT molecular complexity index is 1390. The molecule has 4 rings (SSSR count). The van der Waals surface area contributed by atoms with Crippen molar-refractivity contribution < 1.29 is 42.0 Å². The summed E-state index contributed by atoms with van der Waals surface area (Å²) in [5.41, 5.74) is 0.320. The quantitative estimate of drug-likeness (QED) is 0.253. The van der Waals surface area contributed by atoms with Crippen LogP contribution in [-0.2, 0) is 28.7 Å². The lowest BCUT2D eigenvalue weighted by Gasteiger charge is -2.48. The normalized spacial score (nSPS) is 20.2. The lowest BCUT2D eigenvalue weighted by molar-refractivity contribution is -0.152. The molecule has 0 spiro atoms. The van der Waals surface area contributed by atoms with Crippen LogP contribution in [0.1, 0.15) is 27.6 Å². The van der Waals surface area contributed by atoms with Crippen molar-refractivity contribution in [3.05, 3.63) is 76.7 Å². The number of β-lactam (4-membered cyclic amide) rings is 1. The number of carbonyl (C=O) groups excluding carboxylic acids is 3. The number of aliphatic hydroxyl groups excluding tert-OH is 1. The summed E-state index contributed by atoms with van der Waals surface area (Å²) < 4.78 is 30.4. The van der Waals surface area contributed by atoms with Gasteiger partial charge in [-0.3, -0.25) is 19.3 Å². The van der Waals surface area contributed by atoms with E-state index < -0.39 is 56.9 Å². The highest BCUT2D eigenvalue weighted by atomic mass is 32.2. The van der Waals surface area contributed by atoms with Gasteiger partial charge in [0, 0.05) is 11.1 Å². The average Bonchev–Trinajstić information content (AvgIpc) is 2.86. The first-order valence-corrected chi connectivity index (χ1v) is 13.0. The monoisotopic (exact) mass is 532 g/mol. The van der Waals surface area contributed by atoms with Gasteiger partial charge in [0.1, 0.15) is 22.6 Å². The highest BCUT2D eigenvalue weighted by Gasteiger charge is 2.55. The number of hydrogen-bond donors (Lipinski definition) is 3. The molecule has 13 heteroatoms. The zero-order valence-corrected chi connectivity index (χ0v) is 20.3. The molecular weight excluding hydrogens is 512 g/mol. The number of nitrogens with one attached hydrogen (secondary N) is 1. The number of amides is 2. The number of benzene rings is 2. The molecule has 2 aromatic carbocycles.